The fraction of sp³-hybridized carbons (Fsp3) is 0.133. The van der Waals surface area contributed by atoms with Crippen LogP contribution in [-0.4, -0.2) is 0 Å². The highest BCUT2D eigenvalue weighted by Gasteiger charge is 1.91. The van der Waals surface area contributed by atoms with E-state index >= 15 is 0 Å². The lowest BCUT2D eigenvalue weighted by Gasteiger charge is -1.95. The lowest BCUT2D eigenvalue weighted by Crippen LogP contribution is -2.25. The van der Waals surface area contributed by atoms with E-state index in [1.54, 1.807) is 0 Å². The highest BCUT2D eigenvalue weighted by atomic mass is 127. The second-order valence-corrected chi connectivity index (χ2v) is 4.04. The summed E-state index contributed by atoms with van der Waals surface area (Å²) in [5, 5.41) is 0. The van der Waals surface area contributed by atoms with Gasteiger partial charge in [-0.15, -0.1) is 24.0 Å². The first-order valence-corrected chi connectivity index (χ1v) is 5.44. The average Bonchev–Trinajstić information content (AvgIpc) is 2.30. The third kappa shape index (κ3) is 4.30. The van der Waals surface area contributed by atoms with Crippen LogP contribution < -0.4 is 4.57 Å². The standard InChI is InChI=1S/C15H16N.HI/c1-13-3-5-14(6-4-13)7-8-15-9-11-16(2)12-10-15;/h3-12H,1-2H3;1H/q+1;. The molecule has 0 unspecified atom stereocenters. The second kappa shape index (κ2) is 6.55. The third-order valence-corrected chi connectivity index (χ3v) is 2.55. The fourth-order valence-electron chi connectivity index (χ4n) is 1.49. The zero-order valence-corrected chi connectivity index (χ0v) is 12.5. The van der Waals surface area contributed by atoms with Crippen LogP contribution in [-0.2, 0) is 7.05 Å². The molecule has 0 saturated carbocycles. The van der Waals surface area contributed by atoms with Crippen LogP contribution in [0.3, 0.4) is 0 Å². The molecule has 2 rings (SSSR count). The third-order valence-electron chi connectivity index (χ3n) is 2.55. The molecule has 0 atom stereocenters. The molecule has 0 aliphatic heterocycles. The van der Waals surface area contributed by atoms with Gasteiger partial charge >= 0.3 is 0 Å². The molecule has 88 valence electrons. The Labute approximate surface area is 120 Å². The second-order valence-electron chi connectivity index (χ2n) is 4.04. The van der Waals surface area contributed by atoms with E-state index in [9.17, 15) is 0 Å². The Hall–Kier alpha value is -1.16. The van der Waals surface area contributed by atoms with Crippen molar-refractivity contribution in [1.29, 1.82) is 0 Å². The van der Waals surface area contributed by atoms with Gasteiger partial charge in [-0.2, -0.15) is 0 Å². The fourth-order valence-corrected chi connectivity index (χ4v) is 1.49. The number of aryl methyl sites for hydroxylation is 2. The van der Waals surface area contributed by atoms with E-state index in [-0.39, 0.29) is 24.0 Å². The number of aromatic nitrogens is 1. The molecule has 0 radical (unpaired) electrons. The van der Waals surface area contributed by atoms with Gasteiger partial charge in [0.1, 0.15) is 7.05 Å². The van der Waals surface area contributed by atoms with Gasteiger partial charge in [-0.05, 0) is 18.1 Å². The summed E-state index contributed by atoms with van der Waals surface area (Å²) in [6, 6.07) is 12.7. The number of benzene rings is 1. The van der Waals surface area contributed by atoms with Crippen LogP contribution in [0.15, 0.2) is 48.8 Å². The molecule has 0 saturated heterocycles. The molecule has 0 aliphatic carbocycles. The van der Waals surface area contributed by atoms with Crippen molar-refractivity contribution in [2.45, 2.75) is 6.92 Å². The molecule has 0 fully saturated rings. The number of hydrogen-bond acceptors (Lipinski definition) is 0. The molecule has 0 amide bonds. The van der Waals surface area contributed by atoms with Crippen LogP contribution in [0.5, 0.6) is 0 Å². The number of pyridine rings is 1. The van der Waals surface area contributed by atoms with Crippen LogP contribution in [0.4, 0.5) is 0 Å². The minimum Gasteiger partial charge on any atom is -0.208 e. The quantitative estimate of drug-likeness (QED) is 0.582. The molecule has 1 heterocycles. The van der Waals surface area contributed by atoms with Gasteiger partial charge in [-0.3, -0.25) is 0 Å². The summed E-state index contributed by atoms with van der Waals surface area (Å²) in [5.41, 5.74) is 3.75. The minimum atomic E-state index is 0. The van der Waals surface area contributed by atoms with Crippen LogP contribution in [0, 0.1) is 6.92 Å². The molecule has 0 bridgehead atoms. The van der Waals surface area contributed by atoms with Crippen molar-refractivity contribution in [2.75, 3.05) is 0 Å². The number of nitrogens with zero attached hydrogens (tertiary/aromatic N) is 1. The van der Waals surface area contributed by atoms with E-state index in [1.807, 2.05) is 11.6 Å². The maximum Gasteiger partial charge on any atom is 0.169 e. The van der Waals surface area contributed by atoms with E-state index in [1.165, 1.54) is 16.7 Å². The first kappa shape index (κ1) is 13.9. The SMILES string of the molecule is Cc1ccc(C=Cc2cc[n+](C)cc2)cc1.I. The Morgan fingerprint density at radius 3 is 1.82 bits per heavy atom. The van der Waals surface area contributed by atoms with Gasteiger partial charge in [0.05, 0.1) is 0 Å². The van der Waals surface area contributed by atoms with Crippen molar-refractivity contribution in [3.63, 3.8) is 0 Å². The predicted molar refractivity (Wildman–Crippen MR) is 83.1 cm³/mol. The summed E-state index contributed by atoms with van der Waals surface area (Å²) < 4.78 is 2.03. The molecule has 1 aromatic heterocycles. The Kier molecular flexibility index (Phi) is 5.35. The Morgan fingerprint density at radius 1 is 0.824 bits per heavy atom. The molecule has 1 nitrogen and oxygen atoms in total. The zero-order valence-electron chi connectivity index (χ0n) is 10.1. The van der Waals surface area contributed by atoms with Crippen molar-refractivity contribution in [3.8, 4) is 0 Å². The first-order valence-electron chi connectivity index (χ1n) is 5.44. The lowest BCUT2D eigenvalue weighted by atomic mass is 10.1. The summed E-state index contributed by atoms with van der Waals surface area (Å²) >= 11 is 0. The molecule has 0 aliphatic rings. The molecule has 2 heteroatoms. The monoisotopic (exact) mass is 338 g/mol. The first-order chi connectivity index (χ1) is 7.74. The van der Waals surface area contributed by atoms with Crippen molar-refractivity contribution in [2.24, 2.45) is 7.05 Å². The topological polar surface area (TPSA) is 3.88 Å². The average molecular weight is 338 g/mol. The van der Waals surface area contributed by atoms with E-state index < -0.39 is 0 Å². The number of halogens is 1. The minimum absolute atomic E-state index is 0. The van der Waals surface area contributed by atoms with Crippen LogP contribution in [0.25, 0.3) is 12.2 Å². The summed E-state index contributed by atoms with van der Waals surface area (Å²) in [6.45, 7) is 2.10. The van der Waals surface area contributed by atoms with Crippen molar-refractivity contribution in [1.82, 2.24) is 0 Å². The Balaban J connectivity index is 0.00000144. The maximum atomic E-state index is 2.13. The molecular weight excluding hydrogens is 321 g/mol. The van der Waals surface area contributed by atoms with Gasteiger partial charge in [0.15, 0.2) is 12.4 Å². The van der Waals surface area contributed by atoms with E-state index in [0.29, 0.717) is 0 Å². The summed E-state index contributed by atoms with van der Waals surface area (Å²) in [7, 11) is 2.02. The predicted octanol–water partition coefficient (Wildman–Crippen LogP) is 3.61. The Bertz CT molecular complexity index is 436. The Morgan fingerprint density at radius 2 is 1.29 bits per heavy atom. The van der Waals surface area contributed by atoms with Gasteiger partial charge in [0, 0.05) is 12.1 Å². The molecule has 17 heavy (non-hydrogen) atoms. The van der Waals surface area contributed by atoms with Gasteiger partial charge in [0.25, 0.3) is 0 Å². The van der Waals surface area contributed by atoms with Gasteiger partial charge < -0.3 is 0 Å². The van der Waals surface area contributed by atoms with Crippen LogP contribution >= 0.6 is 24.0 Å². The molecular formula is C15H17IN+. The van der Waals surface area contributed by atoms with E-state index in [2.05, 4.69) is 67.9 Å². The number of hydrogen-bond donors (Lipinski definition) is 0. The summed E-state index contributed by atoms with van der Waals surface area (Å²) in [6.07, 6.45) is 8.36. The highest BCUT2D eigenvalue weighted by Crippen LogP contribution is 2.08. The zero-order chi connectivity index (χ0) is 11.4. The lowest BCUT2D eigenvalue weighted by molar-refractivity contribution is -0.671. The van der Waals surface area contributed by atoms with E-state index in [4.69, 9.17) is 0 Å². The number of rotatable bonds is 2. The van der Waals surface area contributed by atoms with Crippen molar-refractivity contribution < 1.29 is 4.57 Å². The molecule has 2 aromatic rings. The normalized spacial score (nSPS) is 10.2. The molecule has 0 spiro atoms. The van der Waals surface area contributed by atoms with Gasteiger partial charge in [0.2, 0.25) is 0 Å². The van der Waals surface area contributed by atoms with E-state index in [0.717, 1.165) is 0 Å². The van der Waals surface area contributed by atoms with Crippen molar-refractivity contribution >= 4 is 36.1 Å². The van der Waals surface area contributed by atoms with Crippen LogP contribution in [0.1, 0.15) is 16.7 Å². The maximum absolute atomic E-state index is 2.13. The summed E-state index contributed by atoms with van der Waals surface area (Å²) in [4.78, 5) is 0. The van der Waals surface area contributed by atoms with Crippen molar-refractivity contribution in [3.05, 3.63) is 65.5 Å². The highest BCUT2D eigenvalue weighted by molar-refractivity contribution is 14.0. The molecule has 0 N–H and O–H groups in total. The summed E-state index contributed by atoms with van der Waals surface area (Å²) in [5.74, 6) is 0. The van der Waals surface area contributed by atoms with Gasteiger partial charge in [-0.1, -0.05) is 42.0 Å². The molecule has 1 aromatic carbocycles. The van der Waals surface area contributed by atoms with Crippen LogP contribution in [0.2, 0.25) is 0 Å². The van der Waals surface area contributed by atoms with Gasteiger partial charge in [-0.25, -0.2) is 4.57 Å². The largest absolute Gasteiger partial charge is 0.208 e. The smallest absolute Gasteiger partial charge is 0.169 e.